The molecule has 0 saturated heterocycles. The summed E-state index contributed by atoms with van der Waals surface area (Å²) in [6.45, 7) is 4.52. The number of carboxylic acids is 1. The van der Waals surface area contributed by atoms with Crippen LogP contribution in [0.4, 0.5) is 0 Å². The van der Waals surface area contributed by atoms with Gasteiger partial charge in [-0.15, -0.1) is 0 Å². The first kappa shape index (κ1) is 58.7. The van der Waals surface area contributed by atoms with E-state index in [1.807, 2.05) is 21.1 Å². The lowest BCUT2D eigenvalue weighted by Crippen LogP contribution is -2.40. The molecule has 0 aliphatic carbocycles. The summed E-state index contributed by atoms with van der Waals surface area (Å²) in [6.07, 6.45) is 58.4. The van der Waals surface area contributed by atoms with Crippen molar-refractivity contribution in [1.82, 2.24) is 0 Å². The highest BCUT2D eigenvalue weighted by Gasteiger charge is 2.25. The van der Waals surface area contributed by atoms with Gasteiger partial charge >= 0.3 is 17.9 Å². The SMILES string of the molecule is CC/C=C\C/C=C\C/C=C\C/C=C\C/C=C\CCCCCCCC(=O)OC(COC(=O)CCC/C=C\C/C=C\C/C=C\C/C=C\C/C=C\CC)COC(OCC[N+](C)(C)C)C(=O)O. The molecule has 0 heterocycles. The standard InChI is InChI=1S/C54H85NO8/c1-6-8-10-12-14-16-18-20-22-24-25-26-27-29-31-33-35-37-39-41-43-45-52(57)63-50(49-62-54(53(58)59)60-47-46-55(3,4)5)48-61-51(56)44-42-40-38-36-34-32-30-28-23-21-19-17-15-13-11-9-7-2/h8-11,14-17,20-23,25-26,29-32,36,38,50,54H,6-7,12-13,18-19,24,27-28,33-35,37,39-49H2,1-5H3/p+1/b10-8-,11-9-,16-14-,17-15-,22-20-,23-21-,26-25-,31-29-,32-30-,38-36-. The van der Waals surface area contributed by atoms with Crippen LogP contribution in [0.1, 0.15) is 142 Å². The van der Waals surface area contributed by atoms with Crippen LogP contribution in [0.25, 0.3) is 0 Å². The maximum Gasteiger partial charge on any atom is 0.361 e. The molecule has 2 unspecified atom stereocenters. The van der Waals surface area contributed by atoms with Crippen LogP contribution in [-0.2, 0) is 33.3 Å². The molecule has 0 bridgehead atoms. The maximum atomic E-state index is 12.8. The number of likely N-dealkylation sites (N-methyl/N-ethyl adjacent to an activating group) is 1. The number of carbonyl (C=O) groups excluding carboxylic acids is 2. The molecule has 0 aromatic heterocycles. The Morgan fingerprint density at radius 3 is 1.32 bits per heavy atom. The van der Waals surface area contributed by atoms with Crippen LogP contribution in [0.5, 0.6) is 0 Å². The van der Waals surface area contributed by atoms with Crippen molar-refractivity contribution in [2.24, 2.45) is 0 Å². The van der Waals surface area contributed by atoms with Gasteiger partial charge in [-0.05, 0) is 96.3 Å². The van der Waals surface area contributed by atoms with Crippen LogP contribution in [0.15, 0.2) is 122 Å². The number of rotatable bonds is 41. The van der Waals surface area contributed by atoms with Crippen molar-refractivity contribution in [1.29, 1.82) is 0 Å². The molecule has 0 radical (unpaired) electrons. The largest absolute Gasteiger partial charge is 0.477 e. The Labute approximate surface area is 383 Å². The van der Waals surface area contributed by atoms with E-state index < -0.39 is 30.3 Å². The number of esters is 2. The van der Waals surface area contributed by atoms with E-state index in [-0.39, 0.29) is 32.7 Å². The number of aliphatic carboxylic acids is 1. The first-order chi connectivity index (χ1) is 30.6. The summed E-state index contributed by atoms with van der Waals surface area (Å²) in [5, 5.41) is 9.65. The van der Waals surface area contributed by atoms with E-state index in [9.17, 15) is 19.5 Å². The van der Waals surface area contributed by atoms with E-state index in [1.165, 1.54) is 0 Å². The lowest BCUT2D eigenvalue weighted by Gasteiger charge is -2.25. The van der Waals surface area contributed by atoms with Crippen LogP contribution in [0.2, 0.25) is 0 Å². The van der Waals surface area contributed by atoms with E-state index in [1.54, 1.807) is 0 Å². The molecular weight excluding hydrogens is 791 g/mol. The summed E-state index contributed by atoms with van der Waals surface area (Å²) in [5.74, 6) is -2.13. The van der Waals surface area contributed by atoms with E-state index in [0.29, 0.717) is 23.9 Å². The molecule has 0 spiro atoms. The molecule has 0 aromatic carbocycles. The number of hydrogen-bond donors (Lipinski definition) is 1. The van der Waals surface area contributed by atoms with Gasteiger partial charge in [0.05, 0.1) is 34.4 Å². The average Bonchev–Trinajstić information content (AvgIpc) is 3.24. The molecule has 1 N–H and O–H groups in total. The molecule has 0 rings (SSSR count). The predicted molar refractivity (Wildman–Crippen MR) is 262 cm³/mol. The lowest BCUT2D eigenvalue weighted by atomic mass is 10.1. The first-order valence-corrected chi connectivity index (χ1v) is 23.7. The molecule has 0 amide bonds. The van der Waals surface area contributed by atoms with Crippen molar-refractivity contribution in [3.05, 3.63) is 122 Å². The Morgan fingerprint density at radius 1 is 0.476 bits per heavy atom. The van der Waals surface area contributed by atoms with E-state index in [2.05, 4.69) is 135 Å². The minimum atomic E-state index is -1.54. The summed E-state index contributed by atoms with van der Waals surface area (Å²) in [4.78, 5) is 37.2. The Hall–Kier alpha value is -4.31. The molecule has 9 heteroatoms. The van der Waals surface area contributed by atoms with E-state index >= 15 is 0 Å². The average molecular weight is 877 g/mol. The molecule has 63 heavy (non-hydrogen) atoms. The van der Waals surface area contributed by atoms with E-state index in [4.69, 9.17) is 18.9 Å². The van der Waals surface area contributed by atoms with Gasteiger partial charge in [-0.1, -0.05) is 155 Å². The third-order valence-corrected chi connectivity index (χ3v) is 9.21. The quantitative estimate of drug-likeness (QED) is 0.0213. The van der Waals surface area contributed by atoms with Crippen molar-refractivity contribution < 1.29 is 42.9 Å². The van der Waals surface area contributed by atoms with Gasteiger partial charge in [-0.25, -0.2) is 4.79 Å². The second-order valence-electron chi connectivity index (χ2n) is 16.3. The van der Waals surface area contributed by atoms with Gasteiger partial charge in [-0.3, -0.25) is 9.59 Å². The Balaban J connectivity index is 4.56. The van der Waals surface area contributed by atoms with Crippen molar-refractivity contribution in [2.75, 3.05) is 47.5 Å². The van der Waals surface area contributed by atoms with Crippen molar-refractivity contribution >= 4 is 17.9 Å². The van der Waals surface area contributed by atoms with Gasteiger partial charge in [0, 0.05) is 12.8 Å². The highest BCUT2D eigenvalue weighted by molar-refractivity contribution is 5.71. The molecule has 0 aliphatic rings. The smallest absolute Gasteiger partial charge is 0.361 e. The number of carbonyl (C=O) groups is 3. The molecule has 2 atom stereocenters. The fourth-order valence-corrected chi connectivity index (χ4v) is 5.60. The van der Waals surface area contributed by atoms with Gasteiger partial charge in [0.2, 0.25) is 0 Å². The number of nitrogens with zero attached hydrogens (tertiary/aromatic N) is 1. The van der Waals surface area contributed by atoms with Crippen LogP contribution in [-0.4, -0.2) is 87.4 Å². The summed E-state index contributed by atoms with van der Waals surface area (Å²) in [7, 11) is 5.92. The zero-order valence-corrected chi connectivity index (χ0v) is 39.9. The molecule has 9 nitrogen and oxygen atoms in total. The minimum absolute atomic E-state index is 0.167. The molecular formula is C54H86NO8+. The summed E-state index contributed by atoms with van der Waals surface area (Å²) in [6, 6.07) is 0. The van der Waals surface area contributed by atoms with Crippen molar-refractivity contribution in [3.8, 4) is 0 Å². The fourth-order valence-electron chi connectivity index (χ4n) is 5.60. The Bertz CT molecular complexity index is 1440. The minimum Gasteiger partial charge on any atom is -0.477 e. The summed E-state index contributed by atoms with van der Waals surface area (Å²) >= 11 is 0. The van der Waals surface area contributed by atoms with E-state index in [0.717, 1.165) is 103 Å². The van der Waals surface area contributed by atoms with Crippen LogP contribution < -0.4 is 0 Å². The third-order valence-electron chi connectivity index (χ3n) is 9.21. The monoisotopic (exact) mass is 877 g/mol. The van der Waals surface area contributed by atoms with Crippen LogP contribution in [0, 0.1) is 0 Å². The van der Waals surface area contributed by atoms with Gasteiger partial charge < -0.3 is 28.5 Å². The topological polar surface area (TPSA) is 108 Å². The number of ether oxygens (including phenoxy) is 4. The summed E-state index contributed by atoms with van der Waals surface area (Å²) < 4.78 is 22.7. The second kappa shape index (κ2) is 44.3. The number of hydrogen-bond acceptors (Lipinski definition) is 7. The number of allylic oxidation sites excluding steroid dienone is 20. The number of quaternary nitrogens is 1. The van der Waals surface area contributed by atoms with Crippen LogP contribution in [0.3, 0.4) is 0 Å². The number of carboxylic acid groups (broad SMARTS) is 1. The van der Waals surface area contributed by atoms with Gasteiger partial charge in [-0.2, -0.15) is 0 Å². The fraction of sp³-hybridized carbons (Fsp3) is 0.574. The maximum absolute atomic E-state index is 12.8. The molecule has 0 saturated carbocycles. The highest BCUT2D eigenvalue weighted by atomic mass is 16.7. The van der Waals surface area contributed by atoms with Crippen LogP contribution >= 0.6 is 0 Å². The Morgan fingerprint density at radius 2 is 0.873 bits per heavy atom. The molecule has 0 aliphatic heterocycles. The van der Waals surface area contributed by atoms with Gasteiger partial charge in [0.25, 0.3) is 6.29 Å². The normalized spacial score (nSPS) is 14.0. The predicted octanol–water partition coefficient (Wildman–Crippen LogP) is 13.0. The summed E-state index contributed by atoms with van der Waals surface area (Å²) in [5.41, 5.74) is 0. The third kappa shape index (κ3) is 45.5. The number of unbranched alkanes of at least 4 members (excludes halogenated alkanes) is 6. The zero-order chi connectivity index (χ0) is 46.3. The van der Waals surface area contributed by atoms with Gasteiger partial charge in [0.1, 0.15) is 13.2 Å². The molecule has 354 valence electrons. The van der Waals surface area contributed by atoms with Crippen molar-refractivity contribution in [3.63, 3.8) is 0 Å². The highest BCUT2D eigenvalue weighted by Crippen LogP contribution is 2.11. The van der Waals surface area contributed by atoms with Crippen molar-refractivity contribution in [2.45, 2.75) is 155 Å². The lowest BCUT2D eigenvalue weighted by molar-refractivity contribution is -0.870. The molecule has 0 fully saturated rings. The Kier molecular flexibility index (Phi) is 41.3. The first-order valence-electron chi connectivity index (χ1n) is 23.7. The molecule has 0 aromatic rings. The van der Waals surface area contributed by atoms with Gasteiger partial charge in [0.15, 0.2) is 6.10 Å². The zero-order valence-electron chi connectivity index (χ0n) is 39.9. The second-order valence-corrected chi connectivity index (χ2v) is 16.3.